The van der Waals surface area contributed by atoms with E-state index in [9.17, 15) is 4.79 Å². The minimum absolute atomic E-state index is 0.0111. The van der Waals surface area contributed by atoms with Gasteiger partial charge in [-0.2, -0.15) is 5.10 Å². The van der Waals surface area contributed by atoms with Crippen LogP contribution in [0, 0.1) is 0 Å². The maximum Gasteiger partial charge on any atom is 0.323 e. The number of para-hydroxylation sites is 1. The summed E-state index contributed by atoms with van der Waals surface area (Å²) in [6, 6.07) is 9.82. The molecule has 5 heteroatoms. The van der Waals surface area contributed by atoms with Crippen molar-refractivity contribution in [3.05, 3.63) is 48.3 Å². The second-order valence-electron chi connectivity index (χ2n) is 5.54. The van der Waals surface area contributed by atoms with Crippen LogP contribution in [0.2, 0.25) is 0 Å². The van der Waals surface area contributed by atoms with Gasteiger partial charge >= 0.3 is 5.97 Å². The van der Waals surface area contributed by atoms with Crippen molar-refractivity contribution in [2.24, 2.45) is 0 Å². The van der Waals surface area contributed by atoms with Gasteiger partial charge in [-0.05, 0) is 26.1 Å². The van der Waals surface area contributed by atoms with E-state index in [2.05, 4.69) is 5.10 Å². The van der Waals surface area contributed by atoms with Crippen molar-refractivity contribution in [3.8, 4) is 5.69 Å². The van der Waals surface area contributed by atoms with E-state index in [-0.39, 0.29) is 18.1 Å². The third-order valence-corrected chi connectivity index (χ3v) is 3.77. The van der Waals surface area contributed by atoms with Crippen LogP contribution >= 0.6 is 0 Å². The first-order valence-electron chi connectivity index (χ1n) is 7.13. The number of ether oxygens (including phenoxy) is 1. The molecule has 2 atom stereocenters. The summed E-state index contributed by atoms with van der Waals surface area (Å²) in [5.41, 5.74) is 2.11. The Bertz CT molecular complexity index is 623. The van der Waals surface area contributed by atoms with Crippen LogP contribution in [0.15, 0.2) is 42.7 Å². The molecule has 21 heavy (non-hydrogen) atoms. The smallest absolute Gasteiger partial charge is 0.323 e. The summed E-state index contributed by atoms with van der Waals surface area (Å²) < 4.78 is 7.05. The Labute approximate surface area is 124 Å². The van der Waals surface area contributed by atoms with Gasteiger partial charge in [-0.25, -0.2) is 4.68 Å². The van der Waals surface area contributed by atoms with Gasteiger partial charge in [0.1, 0.15) is 12.1 Å². The van der Waals surface area contributed by atoms with Crippen LogP contribution in [0.1, 0.15) is 18.9 Å². The molecule has 0 spiro atoms. The first-order chi connectivity index (χ1) is 10.1. The first kappa shape index (κ1) is 13.8. The number of hydrogen-bond donors (Lipinski definition) is 0. The maximum atomic E-state index is 11.8. The number of hydrogen-bond acceptors (Lipinski definition) is 4. The van der Waals surface area contributed by atoms with Gasteiger partial charge in [0.25, 0.3) is 0 Å². The third-order valence-electron chi connectivity index (χ3n) is 3.77. The first-order valence-corrected chi connectivity index (χ1v) is 7.13. The molecule has 1 aliphatic rings. The van der Waals surface area contributed by atoms with E-state index in [0.29, 0.717) is 6.54 Å². The number of likely N-dealkylation sites (N-methyl/N-ethyl adjacent to an activating group) is 1. The van der Waals surface area contributed by atoms with Crippen LogP contribution in [0.4, 0.5) is 0 Å². The molecule has 2 aromatic rings. The molecule has 2 unspecified atom stereocenters. The lowest BCUT2D eigenvalue weighted by molar-refractivity contribution is -0.144. The van der Waals surface area contributed by atoms with E-state index in [1.54, 1.807) is 0 Å². The molecule has 1 aliphatic heterocycles. The van der Waals surface area contributed by atoms with Gasteiger partial charge in [0, 0.05) is 24.7 Å². The van der Waals surface area contributed by atoms with E-state index < -0.39 is 0 Å². The van der Waals surface area contributed by atoms with Gasteiger partial charge in [0.15, 0.2) is 0 Å². The molecule has 0 N–H and O–H groups in total. The van der Waals surface area contributed by atoms with Gasteiger partial charge < -0.3 is 4.74 Å². The van der Waals surface area contributed by atoms with Crippen molar-refractivity contribution in [1.82, 2.24) is 14.7 Å². The van der Waals surface area contributed by atoms with Crippen LogP contribution in [-0.2, 0) is 16.1 Å². The minimum Gasteiger partial charge on any atom is -0.461 e. The Morgan fingerprint density at radius 1 is 1.38 bits per heavy atom. The highest BCUT2D eigenvalue weighted by Gasteiger charge is 2.34. The lowest BCUT2D eigenvalue weighted by Crippen LogP contribution is -2.34. The predicted octanol–water partition coefficient (Wildman–Crippen LogP) is 2.01. The van der Waals surface area contributed by atoms with Crippen molar-refractivity contribution < 1.29 is 9.53 Å². The molecule has 1 aromatic carbocycles. The summed E-state index contributed by atoms with van der Waals surface area (Å²) in [5, 5.41) is 4.37. The Balaban J connectivity index is 1.69. The van der Waals surface area contributed by atoms with Crippen LogP contribution in [0.25, 0.3) is 5.69 Å². The van der Waals surface area contributed by atoms with Crippen molar-refractivity contribution in [3.63, 3.8) is 0 Å². The summed E-state index contributed by atoms with van der Waals surface area (Å²) >= 11 is 0. The lowest BCUT2D eigenvalue weighted by Gasteiger charge is -2.19. The van der Waals surface area contributed by atoms with Crippen LogP contribution < -0.4 is 0 Å². The van der Waals surface area contributed by atoms with Gasteiger partial charge in [0.2, 0.25) is 0 Å². The van der Waals surface area contributed by atoms with Crippen molar-refractivity contribution >= 4 is 5.97 Å². The molecular weight excluding hydrogens is 266 g/mol. The number of aromatic nitrogens is 2. The lowest BCUT2D eigenvalue weighted by atomic mass is 10.1. The molecule has 0 bridgehead atoms. The summed E-state index contributed by atoms with van der Waals surface area (Å²) in [5.74, 6) is -0.125. The molecule has 2 heterocycles. The van der Waals surface area contributed by atoms with Gasteiger partial charge in [-0.1, -0.05) is 18.2 Å². The Kier molecular flexibility index (Phi) is 3.75. The largest absolute Gasteiger partial charge is 0.461 e. The molecule has 5 nitrogen and oxygen atoms in total. The van der Waals surface area contributed by atoms with Crippen LogP contribution in [-0.4, -0.2) is 39.8 Å². The number of rotatable bonds is 4. The van der Waals surface area contributed by atoms with Crippen LogP contribution in [0.5, 0.6) is 0 Å². The molecule has 0 amide bonds. The fourth-order valence-corrected chi connectivity index (χ4v) is 2.66. The molecular formula is C16H19N3O2. The second-order valence-corrected chi connectivity index (χ2v) is 5.54. The highest BCUT2D eigenvalue weighted by atomic mass is 16.6. The van der Waals surface area contributed by atoms with E-state index in [0.717, 1.165) is 17.7 Å². The van der Waals surface area contributed by atoms with Gasteiger partial charge in [-0.15, -0.1) is 0 Å². The fourth-order valence-electron chi connectivity index (χ4n) is 2.66. The Morgan fingerprint density at radius 2 is 2.14 bits per heavy atom. The molecule has 0 saturated carbocycles. The van der Waals surface area contributed by atoms with Crippen molar-refractivity contribution in [1.29, 1.82) is 0 Å². The normalized spacial score (nSPS) is 21.8. The average Bonchev–Trinajstić information content (AvgIpc) is 3.06. The zero-order valence-electron chi connectivity index (χ0n) is 12.3. The van der Waals surface area contributed by atoms with E-state index in [1.807, 2.05) is 66.3 Å². The number of cyclic esters (lactones) is 1. The summed E-state index contributed by atoms with van der Waals surface area (Å²) in [6.45, 7) is 2.61. The molecule has 1 fully saturated rings. The van der Waals surface area contributed by atoms with Crippen LogP contribution in [0.3, 0.4) is 0 Å². The molecule has 0 radical (unpaired) electrons. The SMILES string of the molecule is CC1CC(N(C)Cc2cnn(-c3ccccc3)c2)C(=O)O1. The number of carbonyl (C=O) groups is 1. The summed E-state index contributed by atoms with van der Waals surface area (Å²) in [4.78, 5) is 13.8. The maximum absolute atomic E-state index is 11.8. The Hall–Kier alpha value is -2.14. The van der Waals surface area contributed by atoms with E-state index >= 15 is 0 Å². The van der Waals surface area contributed by atoms with Gasteiger partial charge in [0.05, 0.1) is 11.9 Å². The molecule has 1 aromatic heterocycles. The zero-order chi connectivity index (χ0) is 14.8. The van der Waals surface area contributed by atoms with Crippen molar-refractivity contribution in [2.45, 2.75) is 32.0 Å². The number of nitrogens with zero attached hydrogens (tertiary/aromatic N) is 3. The third kappa shape index (κ3) is 2.97. The van der Waals surface area contributed by atoms with Crippen molar-refractivity contribution in [2.75, 3.05) is 7.05 Å². The second kappa shape index (κ2) is 5.69. The Morgan fingerprint density at radius 3 is 2.81 bits per heavy atom. The standard InChI is InChI=1S/C16H19N3O2/c1-12-8-15(16(20)21-12)18(2)10-13-9-17-19(11-13)14-6-4-3-5-7-14/h3-7,9,11-12,15H,8,10H2,1-2H3. The topological polar surface area (TPSA) is 47.4 Å². The van der Waals surface area contributed by atoms with E-state index in [4.69, 9.17) is 4.74 Å². The quantitative estimate of drug-likeness (QED) is 0.806. The average molecular weight is 285 g/mol. The highest BCUT2D eigenvalue weighted by molar-refractivity contribution is 5.77. The predicted molar refractivity (Wildman–Crippen MR) is 79.0 cm³/mol. The number of carbonyl (C=O) groups excluding carboxylic acids is 1. The summed E-state index contributed by atoms with van der Waals surface area (Å²) in [7, 11) is 1.95. The van der Waals surface area contributed by atoms with E-state index in [1.165, 1.54) is 0 Å². The zero-order valence-corrected chi connectivity index (χ0v) is 12.3. The van der Waals surface area contributed by atoms with Gasteiger partial charge in [-0.3, -0.25) is 9.69 Å². The molecule has 1 saturated heterocycles. The highest BCUT2D eigenvalue weighted by Crippen LogP contribution is 2.20. The minimum atomic E-state index is -0.153. The fraction of sp³-hybridized carbons (Fsp3) is 0.375. The summed E-state index contributed by atoms with van der Waals surface area (Å²) in [6.07, 6.45) is 4.60. The molecule has 110 valence electrons. The number of esters is 1. The number of benzene rings is 1. The molecule has 0 aliphatic carbocycles. The monoisotopic (exact) mass is 285 g/mol. The molecule has 3 rings (SSSR count).